The highest BCUT2D eigenvalue weighted by atomic mass is 16.5. The zero-order valence-electron chi connectivity index (χ0n) is 29.3. The van der Waals surface area contributed by atoms with E-state index in [-0.39, 0.29) is 55.5 Å². The van der Waals surface area contributed by atoms with E-state index in [0.29, 0.717) is 30.3 Å². The van der Waals surface area contributed by atoms with E-state index in [9.17, 15) is 19.2 Å². The monoisotopic (exact) mass is 662 g/mol. The van der Waals surface area contributed by atoms with E-state index in [2.05, 4.69) is 41.9 Å². The first-order valence-corrected chi connectivity index (χ1v) is 17.6. The molecule has 3 atom stereocenters. The van der Waals surface area contributed by atoms with Crippen LogP contribution in [-0.4, -0.2) is 73.5 Å². The van der Waals surface area contributed by atoms with Gasteiger partial charge in [-0.2, -0.15) is 0 Å². The maximum absolute atomic E-state index is 13.8. The fourth-order valence-electron chi connectivity index (χ4n) is 6.59. The topological polar surface area (TPSA) is 126 Å². The fraction of sp³-hybridized carbons (Fsp3) is 0.579. The van der Waals surface area contributed by atoms with Gasteiger partial charge in [-0.3, -0.25) is 19.2 Å². The molecule has 10 heteroatoms. The molecule has 1 aliphatic carbocycles. The van der Waals surface area contributed by atoms with Crippen LogP contribution in [0.4, 0.5) is 0 Å². The van der Waals surface area contributed by atoms with Crippen LogP contribution in [0.5, 0.6) is 11.5 Å². The number of benzene rings is 2. The number of likely N-dealkylation sites (N-methyl/N-ethyl adjacent to an activating group) is 1. The minimum absolute atomic E-state index is 0.125. The molecule has 3 N–H and O–H groups in total. The van der Waals surface area contributed by atoms with Crippen molar-refractivity contribution in [3.8, 4) is 11.5 Å². The third-order valence-electron chi connectivity index (χ3n) is 9.18. The van der Waals surface area contributed by atoms with Crippen molar-refractivity contribution in [2.24, 2.45) is 11.8 Å². The van der Waals surface area contributed by atoms with Gasteiger partial charge in [0.1, 0.15) is 36.8 Å². The SMILES string of the molecule is CC(C)C[C@@H]1COc2ccccc2C(=O)N[C@H](C(=O)NCCOc2ccc(C3CCCCC3)cc2)CC(=O)N[C@H](CC(C)C)C(=O)N1C. The van der Waals surface area contributed by atoms with Gasteiger partial charge in [-0.25, -0.2) is 0 Å². The molecule has 10 nitrogen and oxygen atoms in total. The Balaban J connectivity index is 1.46. The molecule has 0 spiro atoms. The second kappa shape index (κ2) is 17.9. The van der Waals surface area contributed by atoms with Crippen molar-refractivity contribution in [3.63, 3.8) is 0 Å². The summed E-state index contributed by atoms with van der Waals surface area (Å²) in [6.45, 7) is 8.68. The molecule has 0 bridgehead atoms. The summed E-state index contributed by atoms with van der Waals surface area (Å²) in [5, 5.41) is 8.41. The number of rotatable bonds is 10. The zero-order chi connectivity index (χ0) is 34.6. The van der Waals surface area contributed by atoms with Gasteiger partial charge in [-0.15, -0.1) is 0 Å². The van der Waals surface area contributed by atoms with E-state index in [0.717, 1.165) is 0 Å². The number of ether oxygens (including phenoxy) is 2. The highest BCUT2D eigenvalue weighted by Crippen LogP contribution is 2.33. The number of hydrogen-bond donors (Lipinski definition) is 3. The van der Waals surface area contributed by atoms with Gasteiger partial charge in [-0.1, -0.05) is 71.2 Å². The van der Waals surface area contributed by atoms with Crippen LogP contribution in [0, 0.1) is 11.8 Å². The van der Waals surface area contributed by atoms with E-state index in [1.807, 2.05) is 26.0 Å². The molecule has 0 aromatic heterocycles. The van der Waals surface area contributed by atoms with Crippen LogP contribution >= 0.6 is 0 Å². The summed E-state index contributed by atoms with van der Waals surface area (Å²) in [6.07, 6.45) is 7.08. The van der Waals surface area contributed by atoms with Gasteiger partial charge < -0.3 is 30.3 Å². The third kappa shape index (κ3) is 10.7. The number of carbonyl (C=O) groups is 4. The predicted molar refractivity (Wildman–Crippen MR) is 186 cm³/mol. The summed E-state index contributed by atoms with van der Waals surface area (Å²) in [5.41, 5.74) is 1.58. The highest BCUT2D eigenvalue weighted by Gasteiger charge is 2.33. The van der Waals surface area contributed by atoms with E-state index in [1.165, 1.54) is 37.7 Å². The standard InChI is InChI=1S/C38H54N4O6/c1-25(2)21-29-24-48-34-14-10-9-13-31(34)36(44)41-32(23-35(43)40-33(22-26(3)4)38(46)42(29)5)37(45)39-19-20-47-30-17-15-28(16-18-30)27-11-7-6-8-12-27/h9-10,13-18,25-27,29,32-33H,6-8,11-12,19-24H2,1-5H3,(H,39,45)(H,40,43)(H,41,44)/t29-,32+,33-/m1/s1. The Morgan fingerprint density at radius 2 is 1.62 bits per heavy atom. The molecule has 0 unspecified atom stereocenters. The number of hydrogen-bond acceptors (Lipinski definition) is 6. The molecule has 48 heavy (non-hydrogen) atoms. The first-order valence-electron chi connectivity index (χ1n) is 17.6. The molecule has 0 radical (unpaired) electrons. The van der Waals surface area contributed by atoms with Gasteiger partial charge in [0.2, 0.25) is 17.7 Å². The van der Waals surface area contributed by atoms with E-state index in [4.69, 9.17) is 9.47 Å². The van der Waals surface area contributed by atoms with Crippen LogP contribution in [0.2, 0.25) is 0 Å². The lowest BCUT2D eigenvalue weighted by atomic mass is 9.84. The van der Waals surface area contributed by atoms with Gasteiger partial charge in [0.25, 0.3) is 5.91 Å². The molecule has 4 amide bonds. The van der Waals surface area contributed by atoms with Gasteiger partial charge in [0, 0.05) is 7.05 Å². The fourth-order valence-corrected chi connectivity index (χ4v) is 6.59. The first-order chi connectivity index (χ1) is 23.0. The van der Waals surface area contributed by atoms with Crippen molar-refractivity contribution in [3.05, 3.63) is 59.7 Å². The summed E-state index contributed by atoms with van der Waals surface area (Å²) in [4.78, 5) is 55.8. The van der Waals surface area contributed by atoms with Crippen molar-refractivity contribution in [1.82, 2.24) is 20.9 Å². The van der Waals surface area contributed by atoms with Gasteiger partial charge >= 0.3 is 0 Å². The van der Waals surface area contributed by atoms with Crippen molar-refractivity contribution in [1.29, 1.82) is 0 Å². The number of fused-ring (bicyclic) bond motifs is 1. The molecule has 1 heterocycles. The minimum atomic E-state index is -1.19. The summed E-state index contributed by atoms with van der Waals surface area (Å²) >= 11 is 0. The van der Waals surface area contributed by atoms with Crippen molar-refractivity contribution >= 4 is 23.6 Å². The summed E-state index contributed by atoms with van der Waals surface area (Å²) in [5.74, 6) is 0.291. The number of amides is 4. The second-order valence-electron chi connectivity index (χ2n) is 14.1. The largest absolute Gasteiger partial charge is 0.492 e. The Labute approximate surface area is 285 Å². The van der Waals surface area contributed by atoms with E-state index < -0.39 is 29.8 Å². The molecular weight excluding hydrogens is 608 g/mol. The number of carbonyl (C=O) groups excluding carboxylic acids is 4. The Morgan fingerprint density at radius 3 is 2.31 bits per heavy atom. The smallest absolute Gasteiger partial charge is 0.255 e. The summed E-state index contributed by atoms with van der Waals surface area (Å²) in [7, 11) is 1.73. The van der Waals surface area contributed by atoms with Crippen LogP contribution in [0.25, 0.3) is 0 Å². The second-order valence-corrected chi connectivity index (χ2v) is 14.1. The quantitative estimate of drug-likeness (QED) is 0.300. The van der Waals surface area contributed by atoms with Crippen molar-refractivity contribution < 1.29 is 28.7 Å². The predicted octanol–water partition coefficient (Wildman–Crippen LogP) is 5.21. The maximum atomic E-state index is 13.8. The lowest BCUT2D eigenvalue weighted by molar-refractivity contribution is -0.138. The molecular formula is C38H54N4O6. The zero-order valence-corrected chi connectivity index (χ0v) is 29.3. The number of nitrogens with zero attached hydrogens (tertiary/aromatic N) is 1. The molecule has 2 aliphatic rings. The van der Waals surface area contributed by atoms with Crippen LogP contribution in [0.3, 0.4) is 0 Å². The Bertz CT molecular complexity index is 1370. The normalized spacial score (nSPS) is 21.5. The third-order valence-corrected chi connectivity index (χ3v) is 9.18. The Hall–Kier alpha value is -4.08. The van der Waals surface area contributed by atoms with Crippen LogP contribution < -0.4 is 25.4 Å². The van der Waals surface area contributed by atoms with Gasteiger partial charge in [0.15, 0.2) is 0 Å². The van der Waals surface area contributed by atoms with E-state index >= 15 is 0 Å². The maximum Gasteiger partial charge on any atom is 0.255 e. The summed E-state index contributed by atoms with van der Waals surface area (Å²) in [6, 6.07) is 12.7. The van der Waals surface area contributed by atoms with Crippen LogP contribution in [-0.2, 0) is 14.4 Å². The molecule has 0 saturated heterocycles. The lowest BCUT2D eigenvalue weighted by Crippen LogP contribution is -2.55. The van der Waals surface area contributed by atoms with Crippen molar-refractivity contribution in [2.45, 2.75) is 103 Å². The Morgan fingerprint density at radius 1 is 0.938 bits per heavy atom. The highest BCUT2D eigenvalue weighted by molar-refractivity contribution is 6.01. The molecule has 1 fully saturated rings. The molecule has 1 aliphatic heterocycles. The Kier molecular flexibility index (Phi) is 13.7. The molecule has 2 aromatic carbocycles. The van der Waals surface area contributed by atoms with Crippen molar-refractivity contribution in [2.75, 3.05) is 26.8 Å². The van der Waals surface area contributed by atoms with Gasteiger partial charge in [0.05, 0.1) is 24.6 Å². The molecule has 262 valence electrons. The van der Waals surface area contributed by atoms with Crippen LogP contribution in [0.15, 0.2) is 48.5 Å². The lowest BCUT2D eigenvalue weighted by Gasteiger charge is -2.33. The molecule has 1 saturated carbocycles. The molecule has 2 aromatic rings. The van der Waals surface area contributed by atoms with E-state index in [1.54, 1.807) is 36.2 Å². The first kappa shape index (κ1) is 36.8. The number of para-hydroxylation sites is 1. The summed E-state index contributed by atoms with van der Waals surface area (Å²) < 4.78 is 12.0. The molecule has 4 rings (SSSR count). The average Bonchev–Trinajstić information content (AvgIpc) is 3.07. The average molecular weight is 663 g/mol. The number of nitrogens with one attached hydrogen (secondary N) is 3. The van der Waals surface area contributed by atoms with Crippen LogP contribution in [0.1, 0.15) is 101 Å². The minimum Gasteiger partial charge on any atom is -0.492 e. The van der Waals surface area contributed by atoms with Gasteiger partial charge in [-0.05, 0) is 73.3 Å².